The second-order valence-electron chi connectivity index (χ2n) is 16.1. The van der Waals surface area contributed by atoms with Gasteiger partial charge in [0.05, 0.1) is 22.2 Å². The molecule has 0 N–H and O–H groups in total. The van der Waals surface area contributed by atoms with Crippen molar-refractivity contribution in [3.05, 3.63) is 121 Å². The molecule has 2 aliphatic rings. The predicted molar refractivity (Wildman–Crippen MR) is 216 cm³/mol. The third kappa shape index (κ3) is 5.55. The average Bonchev–Trinajstić information content (AvgIpc) is 3.36. The summed E-state index contributed by atoms with van der Waals surface area (Å²) in [5.74, 6) is 2.10. The van der Waals surface area contributed by atoms with Crippen molar-refractivity contribution in [1.82, 2.24) is 0 Å². The molecule has 0 spiro atoms. The van der Waals surface area contributed by atoms with E-state index in [4.69, 9.17) is 9.98 Å². The molecule has 0 saturated heterocycles. The second kappa shape index (κ2) is 11.8. The number of rotatable bonds is 6. The first-order chi connectivity index (χ1) is 23.6. The lowest BCUT2D eigenvalue weighted by molar-refractivity contribution is 0.338. The Hall–Kier alpha value is -4.96. The zero-order valence-corrected chi connectivity index (χ0v) is 31.3. The average molecular weight is 659 g/mol. The maximum Gasteiger partial charge on any atom is 0.102 e. The van der Waals surface area contributed by atoms with Crippen LogP contribution >= 0.6 is 0 Å². The van der Waals surface area contributed by atoms with E-state index in [1.807, 2.05) is 0 Å². The smallest absolute Gasteiger partial charge is 0.102 e. The molecule has 0 bridgehead atoms. The summed E-state index contributed by atoms with van der Waals surface area (Å²) >= 11 is 0. The quantitative estimate of drug-likeness (QED) is 0.182. The second-order valence-corrected chi connectivity index (χ2v) is 16.1. The fraction of sp³-hybridized carbons (Fsp3) is 0.304. The number of amidine groups is 2. The van der Waals surface area contributed by atoms with E-state index in [2.05, 4.69) is 200 Å². The summed E-state index contributed by atoms with van der Waals surface area (Å²) in [6.45, 7) is 22.3. The fourth-order valence-corrected chi connectivity index (χ4v) is 7.82. The van der Waals surface area contributed by atoms with Crippen LogP contribution in [0.2, 0.25) is 0 Å². The van der Waals surface area contributed by atoms with E-state index in [-0.39, 0.29) is 22.2 Å². The first-order valence-electron chi connectivity index (χ1n) is 17.8. The molecule has 254 valence electrons. The Balaban J connectivity index is 1.35. The first-order valence-corrected chi connectivity index (χ1v) is 17.8. The minimum absolute atomic E-state index is 0.164. The summed E-state index contributed by atoms with van der Waals surface area (Å²) in [7, 11) is 0. The number of aliphatic imine (C=N–C) groups is 2. The lowest BCUT2D eigenvalue weighted by atomic mass is 9.82. The van der Waals surface area contributed by atoms with Crippen molar-refractivity contribution < 1.29 is 0 Å². The Morgan fingerprint density at radius 1 is 0.360 bits per heavy atom. The van der Waals surface area contributed by atoms with Gasteiger partial charge in [0.15, 0.2) is 0 Å². The minimum atomic E-state index is -0.195. The molecule has 7 rings (SSSR count). The lowest BCUT2D eigenvalue weighted by Gasteiger charge is -2.41. The van der Waals surface area contributed by atoms with Crippen LogP contribution < -0.4 is 9.80 Å². The van der Waals surface area contributed by atoms with Crippen LogP contribution in [-0.4, -0.2) is 33.8 Å². The van der Waals surface area contributed by atoms with Crippen LogP contribution in [-0.2, 0) is 0 Å². The zero-order valence-electron chi connectivity index (χ0n) is 31.3. The largest absolute Gasteiger partial charge is 0.322 e. The summed E-state index contributed by atoms with van der Waals surface area (Å²) in [5.41, 5.74) is 11.2. The van der Waals surface area contributed by atoms with E-state index < -0.39 is 0 Å². The predicted octanol–water partition coefficient (Wildman–Crippen LogP) is 11.9. The molecule has 4 nitrogen and oxygen atoms in total. The maximum absolute atomic E-state index is 5.07. The number of hydrogen-bond donors (Lipinski definition) is 0. The van der Waals surface area contributed by atoms with Gasteiger partial charge in [-0.1, -0.05) is 78.9 Å². The van der Waals surface area contributed by atoms with Gasteiger partial charge in [-0.05, 0) is 156 Å². The highest BCUT2D eigenvalue weighted by atomic mass is 15.3. The molecule has 5 aromatic rings. The summed E-state index contributed by atoms with van der Waals surface area (Å²) in [6, 6.07) is 44.5. The first kappa shape index (κ1) is 33.5. The molecule has 0 fully saturated rings. The highest BCUT2D eigenvalue weighted by Gasteiger charge is 2.49. The Morgan fingerprint density at radius 3 is 1.08 bits per heavy atom. The minimum Gasteiger partial charge on any atom is -0.322 e. The molecule has 0 atom stereocenters. The third-order valence-electron chi connectivity index (χ3n) is 11.8. The molecular weight excluding hydrogens is 609 g/mol. The fourth-order valence-electron chi connectivity index (χ4n) is 7.82. The van der Waals surface area contributed by atoms with Gasteiger partial charge in [0, 0.05) is 11.4 Å². The van der Waals surface area contributed by atoms with E-state index in [9.17, 15) is 0 Å². The Morgan fingerprint density at radius 2 is 0.700 bits per heavy atom. The molecule has 5 aromatic carbocycles. The molecule has 2 heterocycles. The van der Waals surface area contributed by atoms with E-state index in [0.29, 0.717) is 0 Å². The molecule has 0 radical (unpaired) electrons. The van der Waals surface area contributed by atoms with Crippen molar-refractivity contribution >= 4 is 23.0 Å². The van der Waals surface area contributed by atoms with Gasteiger partial charge < -0.3 is 9.80 Å². The molecule has 50 heavy (non-hydrogen) atoms. The van der Waals surface area contributed by atoms with Crippen molar-refractivity contribution in [3.63, 3.8) is 0 Å². The molecular formula is C46H50N4. The molecule has 0 aliphatic carbocycles. The Bertz CT molecular complexity index is 2020. The molecule has 2 aliphatic heterocycles. The summed E-state index contributed by atoms with van der Waals surface area (Å²) in [4.78, 5) is 14.9. The molecule has 4 heteroatoms. The van der Waals surface area contributed by atoms with Crippen LogP contribution in [0.4, 0.5) is 11.4 Å². The molecule has 0 unspecified atom stereocenters. The van der Waals surface area contributed by atoms with Gasteiger partial charge in [-0.3, -0.25) is 9.98 Å². The zero-order chi connectivity index (χ0) is 35.6. The van der Waals surface area contributed by atoms with E-state index >= 15 is 0 Å². The van der Waals surface area contributed by atoms with Crippen molar-refractivity contribution in [2.75, 3.05) is 9.80 Å². The van der Waals surface area contributed by atoms with E-state index in [1.54, 1.807) is 0 Å². The molecule has 0 aromatic heterocycles. The normalized spacial score (nSPS) is 18.6. The molecule has 0 saturated carbocycles. The van der Waals surface area contributed by atoms with Gasteiger partial charge in [-0.2, -0.15) is 0 Å². The van der Waals surface area contributed by atoms with Crippen LogP contribution in [0.1, 0.15) is 69.2 Å². The Kier molecular flexibility index (Phi) is 7.93. The van der Waals surface area contributed by atoms with Crippen molar-refractivity contribution in [2.45, 2.75) is 91.4 Å². The van der Waals surface area contributed by atoms with Gasteiger partial charge in [-0.15, -0.1) is 0 Å². The number of benzene rings is 5. The highest BCUT2D eigenvalue weighted by Crippen LogP contribution is 2.44. The number of anilines is 2. The van der Waals surface area contributed by atoms with E-state index in [1.165, 1.54) is 44.5 Å². The van der Waals surface area contributed by atoms with Gasteiger partial charge in [-0.25, -0.2) is 0 Å². The standard InChI is InChI=1S/C46H50N4/c1-31-47-43(3,4)45(7,8)49(31)41-20-14-18-36(29-41)39-26-38(35-24-22-34(23-25-35)33-16-12-11-13-17-33)27-40(28-39)37-19-15-21-42(30-37)50-32(2)48-44(5,6)46(50,9)10/h11-30H,1-10H3. The number of nitrogens with zero attached hydrogens (tertiary/aromatic N) is 4. The van der Waals surface area contributed by atoms with Gasteiger partial charge >= 0.3 is 0 Å². The van der Waals surface area contributed by atoms with Crippen LogP contribution in [0, 0.1) is 0 Å². The summed E-state index contributed by atoms with van der Waals surface area (Å²) in [6.07, 6.45) is 0. The van der Waals surface area contributed by atoms with Crippen LogP contribution in [0.5, 0.6) is 0 Å². The van der Waals surface area contributed by atoms with Crippen molar-refractivity contribution in [3.8, 4) is 44.5 Å². The van der Waals surface area contributed by atoms with Gasteiger partial charge in [0.25, 0.3) is 0 Å². The Labute approximate surface area is 299 Å². The molecule has 0 amide bonds. The SMILES string of the molecule is CC1=NC(C)(C)C(C)(C)N1c1cccc(-c2cc(-c3ccc(-c4ccccc4)cc3)cc(-c3cccc(N4C(C)=NC(C)(C)C4(C)C)c3)c2)c1. The van der Waals surface area contributed by atoms with Crippen molar-refractivity contribution in [1.29, 1.82) is 0 Å². The maximum atomic E-state index is 5.07. The number of hydrogen-bond acceptors (Lipinski definition) is 4. The van der Waals surface area contributed by atoms with Crippen LogP contribution in [0.25, 0.3) is 44.5 Å². The third-order valence-corrected chi connectivity index (χ3v) is 11.8. The van der Waals surface area contributed by atoms with Gasteiger partial charge in [0.1, 0.15) is 11.7 Å². The van der Waals surface area contributed by atoms with Crippen molar-refractivity contribution in [2.24, 2.45) is 9.98 Å². The van der Waals surface area contributed by atoms with E-state index in [0.717, 1.165) is 23.0 Å². The summed E-state index contributed by atoms with van der Waals surface area (Å²) in [5, 5.41) is 0. The van der Waals surface area contributed by atoms with Gasteiger partial charge in [0.2, 0.25) is 0 Å². The van der Waals surface area contributed by atoms with Crippen LogP contribution in [0.15, 0.2) is 131 Å². The summed E-state index contributed by atoms with van der Waals surface area (Å²) < 4.78 is 0. The lowest BCUT2D eigenvalue weighted by Crippen LogP contribution is -2.53. The monoisotopic (exact) mass is 658 g/mol. The highest BCUT2D eigenvalue weighted by molar-refractivity contribution is 6.02. The topological polar surface area (TPSA) is 31.2 Å². The van der Waals surface area contributed by atoms with Crippen LogP contribution in [0.3, 0.4) is 0 Å².